The first-order valence-electron chi connectivity index (χ1n) is 7.25. The van der Waals surface area contributed by atoms with Crippen LogP contribution in [-0.4, -0.2) is 21.7 Å². The number of aldehydes is 1. The molecule has 4 heteroatoms. The van der Waals surface area contributed by atoms with E-state index in [1.165, 1.54) is 0 Å². The molecular formula is C17H22N2O2. The lowest BCUT2D eigenvalue weighted by molar-refractivity contribution is 0.112. The first-order valence-corrected chi connectivity index (χ1v) is 7.25. The van der Waals surface area contributed by atoms with Crippen LogP contribution in [0.3, 0.4) is 0 Å². The molecular weight excluding hydrogens is 264 g/mol. The van der Waals surface area contributed by atoms with Crippen LogP contribution < -0.4 is 4.74 Å². The molecule has 1 aromatic heterocycles. The highest BCUT2D eigenvalue weighted by Crippen LogP contribution is 2.25. The lowest BCUT2D eigenvalue weighted by Gasteiger charge is -2.21. The molecule has 0 saturated carbocycles. The molecule has 0 atom stereocenters. The maximum atomic E-state index is 11.2. The van der Waals surface area contributed by atoms with E-state index in [0.29, 0.717) is 5.56 Å². The molecule has 0 radical (unpaired) electrons. The summed E-state index contributed by atoms with van der Waals surface area (Å²) in [5.41, 5.74) is 2.04. The molecule has 0 N–H and O–H groups in total. The number of hydrogen-bond acceptors (Lipinski definition) is 3. The Labute approximate surface area is 125 Å². The number of carbonyl (C=O) groups is 1. The minimum atomic E-state index is -0.224. The molecule has 0 fully saturated rings. The number of hydrogen-bond donors (Lipinski definition) is 0. The lowest BCUT2D eigenvalue weighted by atomic mass is 10.1. The molecule has 0 amide bonds. The number of ether oxygens (including phenoxy) is 1. The Hall–Kier alpha value is -2.10. The second-order valence-corrected chi connectivity index (χ2v) is 6.05. The first-order chi connectivity index (χ1) is 9.93. The van der Waals surface area contributed by atoms with E-state index < -0.39 is 0 Å². The molecule has 0 bridgehead atoms. The van der Waals surface area contributed by atoms with Crippen LogP contribution in [0, 0.1) is 0 Å². The van der Waals surface area contributed by atoms with E-state index in [4.69, 9.17) is 4.74 Å². The van der Waals surface area contributed by atoms with Crippen molar-refractivity contribution in [2.45, 2.75) is 46.3 Å². The number of benzene rings is 1. The summed E-state index contributed by atoms with van der Waals surface area (Å²) >= 11 is 0. The fourth-order valence-electron chi connectivity index (χ4n) is 2.13. The van der Waals surface area contributed by atoms with Crippen molar-refractivity contribution in [1.29, 1.82) is 0 Å². The molecule has 2 aromatic rings. The van der Waals surface area contributed by atoms with E-state index in [9.17, 15) is 4.79 Å². The molecule has 0 unspecified atom stereocenters. The summed E-state index contributed by atoms with van der Waals surface area (Å²) in [5.74, 6) is 0.812. The minimum Gasteiger partial charge on any atom is -0.488 e. The highest BCUT2D eigenvalue weighted by Gasteiger charge is 2.13. The Kier molecular flexibility index (Phi) is 4.46. The molecule has 0 aliphatic rings. The van der Waals surface area contributed by atoms with Gasteiger partial charge in [0, 0.05) is 18.3 Å². The van der Waals surface area contributed by atoms with Gasteiger partial charge in [-0.15, -0.1) is 0 Å². The third-order valence-electron chi connectivity index (χ3n) is 2.92. The third-order valence-corrected chi connectivity index (χ3v) is 2.92. The maximum Gasteiger partial charge on any atom is 0.153 e. The highest BCUT2D eigenvalue weighted by molar-refractivity contribution is 5.85. The van der Waals surface area contributed by atoms with Crippen LogP contribution in [0.1, 0.15) is 44.5 Å². The van der Waals surface area contributed by atoms with Crippen molar-refractivity contribution in [3.05, 3.63) is 36.0 Å². The normalized spacial score (nSPS) is 11.4. The van der Waals surface area contributed by atoms with Gasteiger partial charge in [0.15, 0.2) is 6.29 Å². The molecule has 112 valence electrons. The predicted molar refractivity (Wildman–Crippen MR) is 83.7 cm³/mol. The van der Waals surface area contributed by atoms with Crippen molar-refractivity contribution < 1.29 is 9.53 Å². The Balaban J connectivity index is 2.28. The smallest absolute Gasteiger partial charge is 0.153 e. The van der Waals surface area contributed by atoms with Gasteiger partial charge in [-0.05, 0) is 51.5 Å². The van der Waals surface area contributed by atoms with E-state index in [1.54, 1.807) is 6.20 Å². The van der Waals surface area contributed by atoms with Crippen LogP contribution >= 0.6 is 0 Å². The van der Waals surface area contributed by atoms with Crippen molar-refractivity contribution in [2.24, 2.45) is 0 Å². The van der Waals surface area contributed by atoms with Gasteiger partial charge in [-0.1, -0.05) is 6.92 Å². The average molecular weight is 286 g/mol. The quantitative estimate of drug-likeness (QED) is 0.782. The zero-order valence-electron chi connectivity index (χ0n) is 13.1. The zero-order chi connectivity index (χ0) is 15.5. The van der Waals surface area contributed by atoms with Gasteiger partial charge in [0.1, 0.15) is 17.0 Å². The Bertz CT molecular complexity index is 607. The van der Waals surface area contributed by atoms with Crippen LogP contribution in [0.5, 0.6) is 5.75 Å². The van der Waals surface area contributed by atoms with E-state index in [2.05, 4.69) is 12.0 Å². The summed E-state index contributed by atoms with van der Waals surface area (Å²) in [7, 11) is 0. The molecule has 0 aliphatic heterocycles. The van der Waals surface area contributed by atoms with Crippen molar-refractivity contribution >= 4 is 6.29 Å². The van der Waals surface area contributed by atoms with E-state index in [0.717, 1.165) is 36.3 Å². The number of carbonyl (C=O) groups excluding carboxylic acids is 1. The lowest BCUT2D eigenvalue weighted by Crippen LogP contribution is -2.22. The Morgan fingerprint density at radius 3 is 2.43 bits per heavy atom. The summed E-state index contributed by atoms with van der Waals surface area (Å²) in [6, 6.07) is 7.70. The monoisotopic (exact) mass is 286 g/mol. The van der Waals surface area contributed by atoms with Gasteiger partial charge < -0.3 is 4.74 Å². The van der Waals surface area contributed by atoms with E-state index in [1.807, 2.05) is 49.7 Å². The number of aromatic nitrogens is 2. The van der Waals surface area contributed by atoms with Gasteiger partial charge in [-0.2, -0.15) is 5.10 Å². The molecule has 0 spiro atoms. The van der Waals surface area contributed by atoms with Crippen LogP contribution in [0.2, 0.25) is 0 Å². The van der Waals surface area contributed by atoms with Crippen molar-refractivity contribution in [3.63, 3.8) is 0 Å². The summed E-state index contributed by atoms with van der Waals surface area (Å²) in [5, 5.41) is 4.49. The summed E-state index contributed by atoms with van der Waals surface area (Å²) in [4.78, 5) is 11.2. The summed E-state index contributed by atoms with van der Waals surface area (Å²) in [6.45, 7) is 8.93. The maximum absolute atomic E-state index is 11.2. The van der Waals surface area contributed by atoms with Crippen LogP contribution in [0.25, 0.3) is 11.3 Å². The molecule has 0 aliphatic carbocycles. The predicted octanol–water partition coefficient (Wildman–Crippen LogP) is 3.95. The molecule has 2 rings (SSSR count). The van der Waals surface area contributed by atoms with Crippen molar-refractivity contribution in [3.8, 4) is 17.0 Å². The van der Waals surface area contributed by atoms with E-state index >= 15 is 0 Å². The summed E-state index contributed by atoms with van der Waals surface area (Å²) in [6.07, 6.45) is 3.64. The van der Waals surface area contributed by atoms with Crippen molar-refractivity contribution in [2.75, 3.05) is 0 Å². The first kappa shape index (κ1) is 15.3. The largest absolute Gasteiger partial charge is 0.488 e. The average Bonchev–Trinajstić information content (AvgIpc) is 2.81. The highest BCUT2D eigenvalue weighted by atomic mass is 16.5. The number of aryl methyl sites for hydroxylation is 1. The topological polar surface area (TPSA) is 44.1 Å². The van der Waals surface area contributed by atoms with Crippen LogP contribution in [-0.2, 0) is 6.54 Å². The third kappa shape index (κ3) is 3.94. The van der Waals surface area contributed by atoms with Gasteiger partial charge in [-0.25, -0.2) is 0 Å². The molecule has 21 heavy (non-hydrogen) atoms. The Morgan fingerprint density at radius 2 is 1.90 bits per heavy atom. The molecule has 0 saturated heterocycles. The number of nitrogens with zero attached hydrogens (tertiary/aromatic N) is 2. The molecule has 1 aromatic carbocycles. The SMILES string of the molecule is CCCn1cc(C=O)c(-c2ccc(OC(C)(C)C)cc2)n1. The van der Waals surface area contributed by atoms with Crippen LogP contribution in [0.15, 0.2) is 30.5 Å². The van der Waals surface area contributed by atoms with Gasteiger partial charge in [0.2, 0.25) is 0 Å². The fourth-order valence-corrected chi connectivity index (χ4v) is 2.13. The van der Waals surface area contributed by atoms with Crippen molar-refractivity contribution in [1.82, 2.24) is 9.78 Å². The van der Waals surface area contributed by atoms with Crippen LogP contribution in [0.4, 0.5) is 0 Å². The molecule has 4 nitrogen and oxygen atoms in total. The van der Waals surface area contributed by atoms with E-state index in [-0.39, 0.29) is 5.60 Å². The van der Waals surface area contributed by atoms with Gasteiger partial charge in [-0.3, -0.25) is 9.48 Å². The number of rotatable bonds is 5. The second-order valence-electron chi connectivity index (χ2n) is 6.05. The van der Waals surface area contributed by atoms with Gasteiger partial charge in [0.05, 0.1) is 5.56 Å². The standard InChI is InChI=1S/C17H22N2O2/c1-5-10-19-11-14(12-20)16(18-19)13-6-8-15(9-7-13)21-17(2,3)4/h6-9,11-12H,5,10H2,1-4H3. The second kappa shape index (κ2) is 6.12. The van der Waals surface area contributed by atoms with Gasteiger partial charge >= 0.3 is 0 Å². The fraction of sp³-hybridized carbons (Fsp3) is 0.412. The van der Waals surface area contributed by atoms with Gasteiger partial charge in [0.25, 0.3) is 0 Å². The molecule has 1 heterocycles. The Morgan fingerprint density at radius 1 is 1.24 bits per heavy atom. The zero-order valence-corrected chi connectivity index (χ0v) is 13.1. The minimum absolute atomic E-state index is 0.224. The summed E-state index contributed by atoms with van der Waals surface area (Å²) < 4.78 is 7.62.